The van der Waals surface area contributed by atoms with Gasteiger partial charge in [0.15, 0.2) is 5.58 Å². The minimum atomic E-state index is -0.454. The zero-order valence-electron chi connectivity index (χ0n) is 8.84. The van der Waals surface area contributed by atoms with Crippen molar-refractivity contribution in [3.05, 3.63) is 24.3 Å². The number of aromatic nitrogens is 1. The summed E-state index contributed by atoms with van der Waals surface area (Å²) in [5, 5.41) is 18.1. The molecule has 84 valence electrons. The van der Waals surface area contributed by atoms with E-state index < -0.39 is 5.92 Å². The summed E-state index contributed by atoms with van der Waals surface area (Å²) in [6.07, 6.45) is 0. The molecule has 1 atom stereocenters. The van der Waals surface area contributed by atoms with E-state index in [0.717, 1.165) is 5.52 Å². The second kappa shape index (κ2) is 3.57. The first-order valence-electron chi connectivity index (χ1n) is 5.17. The molecule has 0 radical (unpaired) electrons. The fourth-order valence-electron chi connectivity index (χ4n) is 1.75. The highest BCUT2D eigenvalue weighted by molar-refractivity contribution is 5.99. The number of anilines is 1. The lowest BCUT2D eigenvalue weighted by atomic mass is 10.2. The second-order valence-corrected chi connectivity index (χ2v) is 3.73. The maximum atomic E-state index is 8.83. The molecular weight excluding hydrogens is 218 g/mol. The van der Waals surface area contributed by atoms with Gasteiger partial charge in [-0.05, 0) is 12.1 Å². The van der Waals surface area contributed by atoms with Gasteiger partial charge >= 0.3 is 6.01 Å². The Morgan fingerprint density at radius 2 is 2.35 bits per heavy atom. The van der Waals surface area contributed by atoms with E-state index in [2.05, 4.69) is 10.4 Å². The third-order valence-electron chi connectivity index (χ3n) is 2.65. The van der Waals surface area contributed by atoms with E-state index in [0.29, 0.717) is 18.1 Å². The van der Waals surface area contributed by atoms with E-state index in [4.69, 9.17) is 15.1 Å². The molecule has 3 rings (SSSR count). The molecule has 1 aromatic heterocycles. The van der Waals surface area contributed by atoms with Gasteiger partial charge < -0.3 is 4.42 Å². The normalized spacial score (nSPS) is 19.8. The van der Waals surface area contributed by atoms with Crippen molar-refractivity contribution in [3.8, 4) is 6.07 Å². The van der Waals surface area contributed by atoms with Crippen LogP contribution in [-0.2, 0) is 0 Å². The smallest absolute Gasteiger partial charge is 0.319 e. The average molecular weight is 227 g/mol. The highest BCUT2D eigenvalue weighted by atomic mass is 16.4. The number of nitrogens with zero attached hydrogens (tertiary/aromatic N) is 3. The van der Waals surface area contributed by atoms with E-state index in [9.17, 15) is 0 Å². The van der Waals surface area contributed by atoms with Crippen molar-refractivity contribution in [2.45, 2.75) is 0 Å². The topological polar surface area (TPSA) is 88.9 Å². The van der Waals surface area contributed by atoms with Crippen LogP contribution in [0.3, 0.4) is 0 Å². The van der Waals surface area contributed by atoms with Crippen LogP contribution in [0.15, 0.2) is 28.7 Å². The van der Waals surface area contributed by atoms with Crippen LogP contribution in [0.1, 0.15) is 0 Å². The second-order valence-electron chi connectivity index (χ2n) is 3.73. The van der Waals surface area contributed by atoms with E-state index >= 15 is 0 Å². The summed E-state index contributed by atoms with van der Waals surface area (Å²) < 4.78 is 5.52. The fourth-order valence-corrected chi connectivity index (χ4v) is 1.75. The fraction of sp³-hybridized carbons (Fsp3) is 0.182. The van der Waals surface area contributed by atoms with Crippen molar-refractivity contribution in [2.75, 3.05) is 11.6 Å². The van der Waals surface area contributed by atoms with Crippen LogP contribution in [-0.4, -0.2) is 17.4 Å². The van der Waals surface area contributed by atoms with Gasteiger partial charge in [-0.1, -0.05) is 12.1 Å². The minimum absolute atomic E-state index is 0.166. The standard InChI is InChI=1S/C11H9N5O/c12-5-7-6-14-16(10(7)13)11-15-8-3-1-2-4-9(8)17-11/h1-4,7,13-14H,6H2. The number of benzene rings is 1. The van der Waals surface area contributed by atoms with Gasteiger partial charge in [0.25, 0.3) is 0 Å². The zero-order valence-corrected chi connectivity index (χ0v) is 8.84. The molecule has 1 aliphatic rings. The number of oxazole rings is 1. The van der Waals surface area contributed by atoms with Crippen LogP contribution >= 0.6 is 0 Å². The number of amidine groups is 1. The zero-order chi connectivity index (χ0) is 11.8. The number of para-hydroxylation sites is 2. The third-order valence-corrected chi connectivity index (χ3v) is 2.65. The molecule has 6 heteroatoms. The Morgan fingerprint density at radius 3 is 3.06 bits per heavy atom. The maximum absolute atomic E-state index is 8.83. The Labute approximate surface area is 96.9 Å². The van der Waals surface area contributed by atoms with Crippen molar-refractivity contribution in [1.82, 2.24) is 10.4 Å². The molecule has 0 spiro atoms. The van der Waals surface area contributed by atoms with Crippen molar-refractivity contribution >= 4 is 22.9 Å². The number of rotatable bonds is 1. The Kier molecular flexibility index (Phi) is 2.06. The average Bonchev–Trinajstić information content (AvgIpc) is 2.91. The molecule has 2 N–H and O–H groups in total. The van der Waals surface area contributed by atoms with E-state index in [1.807, 2.05) is 30.3 Å². The quantitative estimate of drug-likeness (QED) is 0.765. The van der Waals surface area contributed by atoms with E-state index in [1.165, 1.54) is 5.01 Å². The summed E-state index contributed by atoms with van der Waals surface area (Å²) in [4.78, 5) is 4.26. The Morgan fingerprint density at radius 1 is 1.53 bits per heavy atom. The highest BCUT2D eigenvalue weighted by Crippen LogP contribution is 2.23. The SMILES string of the molecule is N#CC1CNN(c2nc3ccccc3o2)C1=N. The lowest BCUT2D eigenvalue weighted by Gasteiger charge is -2.11. The monoisotopic (exact) mass is 227 g/mol. The predicted octanol–water partition coefficient (Wildman–Crippen LogP) is 1.27. The number of fused-ring (bicyclic) bond motifs is 1. The highest BCUT2D eigenvalue weighted by Gasteiger charge is 2.31. The molecule has 1 aromatic carbocycles. The number of hydrazine groups is 1. The van der Waals surface area contributed by atoms with Gasteiger partial charge in [-0.25, -0.2) is 10.4 Å². The maximum Gasteiger partial charge on any atom is 0.319 e. The molecule has 1 fully saturated rings. The molecule has 6 nitrogen and oxygen atoms in total. The summed E-state index contributed by atoms with van der Waals surface area (Å²) in [6.45, 7) is 0.411. The third kappa shape index (κ3) is 1.45. The molecule has 0 aliphatic carbocycles. The predicted molar refractivity (Wildman–Crippen MR) is 61.3 cm³/mol. The Hall–Kier alpha value is -2.39. The van der Waals surface area contributed by atoms with Crippen molar-refractivity contribution < 1.29 is 4.42 Å². The number of nitrogens with one attached hydrogen (secondary N) is 2. The number of hydrogen-bond acceptors (Lipinski definition) is 5. The summed E-state index contributed by atoms with van der Waals surface area (Å²) in [7, 11) is 0. The van der Waals surface area contributed by atoms with Crippen molar-refractivity contribution in [2.24, 2.45) is 5.92 Å². The van der Waals surface area contributed by atoms with Gasteiger partial charge in [-0.15, -0.1) is 0 Å². The molecule has 0 saturated carbocycles. The Bertz CT molecular complexity index is 593. The van der Waals surface area contributed by atoms with Crippen LogP contribution in [0.5, 0.6) is 0 Å². The van der Waals surface area contributed by atoms with Gasteiger partial charge in [-0.3, -0.25) is 5.41 Å². The van der Waals surface area contributed by atoms with E-state index in [1.54, 1.807) is 0 Å². The summed E-state index contributed by atoms with van der Waals surface area (Å²) in [6, 6.07) is 9.73. The van der Waals surface area contributed by atoms with Crippen LogP contribution in [0.4, 0.5) is 6.01 Å². The van der Waals surface area contributed by atoms with Crippen LogP contribution in [0.2, 0.25) is 0 Å². The summed E-state index contributed by atoms with van der Waals surface area (Å²) in [5.41, 5.74) is 4.31. The lowest BCUT2D eigenvalue weighted by Crippen LogP contribution is -2.34. The first-order chi connectivity index (χ1) is 8.29. The van der Waals surface area contributed by atoms with Gasteiger partial charge in [0.1, 0.15) is 17.3 Å². The molecule has 17 heavy (non-hydrogen) atoms. The molecular formula is C11H9N5O. The molecule has 0 amide bonds. The lowest BCUT2D eigenvalue weighted by molar-refractivity contribution is 0.579. The molecule has 1 unspecified atom stereocenters. The van der Waals surface area contributed by atoms with Gasteiger partial charge in [0.2, 0.25) is 0 Å². The van der Waals surface area contributed by atoms with Crippen LogP contribution in [0.25, 0.3) is 11.1 Å². The first-order valence-corrected chi connectivity index (χ1v) is 5.17. The van der Waals surface area contributed by atoms with Crippen molar-refractivity contribution in [3.63, 3.8) is 0 Å². The Balaban J connectivity index is 2.00. The molecule has 0 bridgehead atoms. The van der Waals surface area contributed by atoms with Gasteiger partial charge in [0.05, 0.1) is 6.07 Å². The van der Waals surface area contributed by atoms with Crippen molar-refractivity contribution in [1.29, 1.82) is 10.7 Å². The molecule has 1 aliphatic heterocycles. The van der Waals surface area contributed by atoms with Gasteiger partial charge in [-0.2, -0.15) is 10.2 Å². The summed E-state index contributed by atoms with van der Waals surface area (Å²) >= 11 is 0. The molecule has 1 saturated heterocycles. The molecule has 2 aromatic rings. The first kappa shape index (κ1) is 9.81. The van der Waals surface area contributed by atoms with Crippen LogP contribution in [0, 0.1) is 22.7 Å². The number of hydrogen-bond donors (Lipinski definition) is 2. The molecule has 2 heterocycles. The van der Waals surface area contributed by atoms with Crippen LogP contribution < -0.4 is 10.4 Å². The van der Waals surface area contributed by atoms with Gasteiger partial charge in [0, 0.05) is 6.54 Å². The minimum Gasteiger partial charge on any atom is -0.422 e. The largest absolute Gasteiger partial charge is 0.422 e. The summed E-state index contributed by atoms with van der Waals surface area (Å²) in [5.74, 6) is -0.288. The van der Waals surface area contributed by atoms with E-state index in [-0.39, 0.29) is 5.84 Å². The number of nitriles is 1.